The maximum Gasteiger partial charge on any atom is 0.295 e. The zero-order chi connectivity index (χ0) is 24.8. The van der Waals surface area contributed by atoms with Crippen molar-refractivity contribution in [2.24, 2.45) is 0 Å². The summed E-state index contributed by atoms with van der Waals surface area (Å²) >= 11 is 3.44. The van der Waals surface area contributed by atoms with Gasteiger partial charge in [-0.3, -0.25) is 9.59 Å². The lowest BCUT2D eigenvalue weighted by atomic mass is 9.95. The molecule has 0 saturated carbocycles. The Balaban J connectivity index is 2.07. The zero-order valence-corrected chi connectivity index (χ0v) is 21.5. The van der Waals surface area contributed by atoms with Crippen LogP contribution in [0, 0.1) is 6.92 Å². The molecular formula is C27H31BrN2O4. The van der Waals surface area contributed by atoms with Crippen molar-refractivity contribution in [1.82, 2.24) is 9.80 Å². The van der Waals surface area contributed by atoms with Crippen LogP contribution in [-0.4, -0.2) is 59.4 Å². The Kier molecular flexibility index (Phi) is 8.69. The molecule has 0 aromatic heterocycles. The van der Waals surface area contributed by atoms with Gasteiger partial charge in [0.15, 0.2) is 0 Å². The van der Waals surface area contributed by atoms with Crippen LogP contribution in [0.2, 0.25) is 0 Å². The highest BCUT2D eigenvalue weighted by Crippen LogP contribution is 2.40. The summed E-state index contributed by atoms with van der Waals surface area (Å²) in [6, 6.07) is 12.0. The monoisotopic (exact) mass is 526 g/mol. The van der Waals surface area contributed by atoms with Gasteiger partial charge in [-0.1, -0.05) is 54.6 Å². The molecule has 180 valence electrons. The summed E-state index contributed by atoms with van der Waals surface area (Å²) in [5.41, 5.74) is 2.14. The Labute approximate surface area is 209 Å². The minimum Gasteiger partial charge on any atom is -0.507 e. The van der Waals surface area contributed by atoms with Crippen molar-refractivity contribution >= 4 is 33.4 Å². The molecule has 1 amide bonds. The van der Waals surface area contributed by atoms with Crippen LogP contribution >= 0.6 is 15.9 Å². The van der Waals surface area contributed by atoms with Crippen molar-refractivity contribution < 1.29 is 19.4 Å². The van der Waals surface area contributed by atoms with Gasteiger partial charge in [0, 0.05) is 23.1 Å². The molecular weight excluding hydrogens is 496 g/mol. The first kappa shape index (κ1) is 25.7. The van der Waals surface area contributed by atoms with Gasteiger partial charge in [-0.15, -0.1) is 0 Å². The van der Waals surface area contributed by atoms with E-state index in [0.29, 0.717) is 31.0 Å². The third-order valence-electron chi connectivity index (χ3n) is 6.08. The third-order valence-corrected chi connectivity index (χ3v) is 6.61. The fourth-order valence-electron chi connectivity index (χ4n) is 4.15. The van der Waals surface area contributed by atoms with Gasteiger partial charge in [0.1, 0.15) is 18.1 Å². The van der Waals surface area contributed by atoms with Crippen molar-refractivity contribution in [2.45, 2.75) is 26.8 Å². The maximum absolute atomic E-state index is 13.2. The highest BCUT2D eigenvalue weighted by atomic mass is 79.9. The quantitative estimate of drug-likeness (QED) is 0.202. The molecule has 1 unspecified atom stereocenters. The molecule has 1 atom stereocenters. The van der Waals surface area contributed by atoms with Crippen LogP contribution < -0.4 is 4.74 Å². The number of hydrogen-bond acceptors (Lipinski definition) is 5. The van der Waals surface area contributed by atoms with Gasteiger partial charge >= 0.3 is 0 Å². The standard InChI is InChI=1S/C27H31BrN2O4/c1-5-16-34-22-13-10-20(17-18(22)4)25(31)23-24(19-8-11-21(28)12-9-19)30(27(33)26(23)32)15-14-29(6-2)7-3/h5,8-13,17,24,31H,1,6-7,14-16H2,2-4H3. The highest BCUT2D eigenvalue weighted by molar-refractivity contribution is 9.10. The number of carbonyl (C=O) groups excluding carboxylic acids is 2. The fraction of sp³-hybridized carbons (Fsp3) is 0.333. The average molecular weight is 527 g/mol. The van der Waals surface area contributed by atoms with E-state index >= 15 is 0 Å². The fourth-order valence-corrected chi connectivity index (χ4v) is 4.42. The van der Waals surface area contributed by atoms with Gasteiger partial charge in [-0.2, -0.15) is 0 Å². The van der Waals surface area contributed by atoms with Crippen LogP contribution in [0.5, 0.6) is 5.75 Å². The lowest BCUT2D eigenvalue weighted by molar-refractivity contribution is -0.140. The number of Topliss-reactive ketones (excluding diaryl/α,β-unsaturated/α-hetero) is 1. The normalized spacial score (nSPS) is 17.4. The number of aliphatic hydroxyl groups is 1. The Bertz CT molecular complexity index is 1090. The first-order chi connectivity index (χ1) is 16.3. The van der Waals surface area contributed by atoms with Crippen molar-refractivity contribution in [3.63, 3.8) is 0 Å². The van der Waals surface area contributed by atoms with Crippen LogP contribution in [0.4, 0.5) is 0 Å². The van der Waals surface area contributed by atoms with E-state index in [1.54, 1.807) is 29.2 Å². The van der Waals surface area contributed by atoms with Crippen LogP contribution in [-0.2, 0) is 9.59 Å². The third kappa shape index (κ3) is 5.42. The minimum absolute atomic E-state index is 0.103. The van der Waals surface area contributed by atoms with Crippen molar-refractivity contribution in [3.05, 3.63) is 81.9 Å². The predicted molar refractivity (Wildman–Crippen MR) is 138 cm³/mol. The molecule has 34 heavy (non-hydrogen) atoms. The number of carbonyl (C=O) groups is 2. The molecule has 1 heterocycles. The van der Waals surface area contributed by atoms with E-state index < -0.39 is 17.7 Å². The largest absolute Gasteiger partial charge is 0.507 e. The Morgan fingerprint density at radius 1 is 1.18 bits per heavy atom. The van der Waals surface area contributed by atoms with Crippen LogP contribution in [0.25, 0.3) is 5.76 Å². The van der Waals surface area contributed by atoms with E-state index in [1.807, 2.05) is 31.2 Å². The summed E-state index contributed by atoms with van der Waals surface area (Å²) in [5.74, 6) is -0.783. The predicted octanol–water partition coefficient (Wildman–Crippen LogP) is 5.09. The molecule has 0 aliphatic carbocycles. The molecule has 0 bridgehead atoms. The first-order valence-corrected chi connectivity index (χ1v) is 12.2. The molecule has 2 aromatic rings. The van der Waals surface area contributed by atoms with Gasteiger partial charge in [0.25, 0.3) is 11.7 Å². The van der Waals surface area contributed by atoms with E-state index in [0.717, 1.165) is 28.7 Å². The van der Waals surface area contributed by atoms with Crippen LogP contribution in [0.15, 0.2) is 65.2 Å². The summed E-state index contributed by atoms with van der Waals surface area (Å²) in [6.07, 6.45) is 1.66. The van der Waals surface area contributed by atoms with Crippen molar-refractivity contribution in [1.29, 1.82) is 0 Å². The average Bonchev–Trinajstić information content (AvgIpc) is 3.09. The summed E-state index contributed by atoms with van der Waals surface area (Å²) in [6.45, 7) is 12.7. The molecule has 1 fully saturated rings. The molecule has 0 spiro atoms. The molecule has 1 aliphatic heterocycles. The van der Waals surface area contributed by atoms with Gasteiger partial charge in [-0.05, 0) is 61.5 Å². The summed E-state index contributed by atoms with van der Waals surface area (Å²) < 4.78 is 6.52. The SMILES string of the molecule is C=CCOc1ccc(C(O)=C2C(=O)C(=O)N(CCN(CC)CC)C2c2ccc(Br)cc2)cc1C. The lowest BCUT2D eigenvalue weighted by Gasteiger charge is -2.28. The molecule has 1 saturated heterocycles. The molecule has 7 heteroatoms. The van der Waals surface area contributed by atoms with E-state index in [9.17, 15) is 14.7 Å². The number of amides is 1. The summed E-state index contributed by atoms with van der Waals surface area (Å²) in [7, 11) is 0. The molecule has 6 nitrogen and oxygen atoms in total. The van der Waals surface area contributed by atoms with Crippen LogP contribution in [0.1, 0.15) is 36.6 Å². The number of benzene rings is 2. The Morgan fingerprint density at radius 2 is 1.85 bits per heavy atom. The van der Waals surface area contributed by atoms with E-state index in [2.05, 4.69) is 41.3 Å². The Hall–Kier alpha value is -2.90. The van der Waals surface area contributed by atoms with Crippen molar-refractivity contribution in [2.75, 3.05) is 32.8 Å². The number of halogens is 1. The first-order valence-electron chi connectivity index (χ1n) is 11.4. The number of ether oxygens (including phenoxy) is 1. The second-order valence-corrected chi connectivity index (χ2v) is 9.07. The summed E-state index contributed by atoms with van der Waals surface area (Å²) in [4.78, 5) is 30.1. The molecule has 1 aliphatic rings. The van der Waals surface area contributed by atoms with E-state index in [1.165, 1.54) is 0 Å². The Morgan fingerprint density at radius 3 is 2.44 bits per heavy atom. The second-order valence-electron chi connectivity index (χ2n) is 8.15. The van der Waals surface area contributed by atoms with Gasteiger partial charge in [0.2, 0.25) is 0 Å². The van der Waals surface area contributed by atoms with Gasteiger partial charge < -0.3 is 19.6 Å². The van der Waals surface area contributed by atoms with Crippen molar-refractivity contribution in [3.8, 4) is 5.75 Å². The second kappa shape index (κ2) is 11.5. The number of likely N-dealkylation sites (N-methyl/N-ethyl adjacent to an activating group) is 1. The highest BCUT2D eigenvalue weighted by Gasteiger charge is 2.46. The van der Waals surface area contributed by atoms with Crippen LogP contribution in [0.3, 0.4) is 0 Å². The van der Waals surface area contributed by atoms with E-state index in [4.69, 9.17) is 4.74 Å². The molecule has 1 N–H and O–H groups in total. The summed E-state index contributed by atoms with van der Waals surface area (Å²) in [5, 5.41) is 11.3. The molecule has 3 rings (SSSR count). The smallest absolute Gasteiger partial charge is 0.295 e. The number of ketones is 1. The number of likely N-dealkylation sites (tertiary alicyclic amines) is 1. The lowest BCUT2D eigenvalue weighted by Crippen LogP contribution is -2.38. The molecule has 0 radical (unpaired) electrons. The zero-order valence-electron chi connectivity index (χ0n) is 19.9. The number of rotatable bonds is 10. The number of nitrogens with zero attached hydrogens (tertiary/aromatic N) is 2. The topological polar surface area (TPSA) is 70.1 Å². The van der Waals surface area contributed by atoms with E-state index in [-0.39, 0.29) is 11.3 Å². The number of aryl methyl sites for hydroxylation is 1. The maximum atomic E-state index is 13.2. The van der Waals surface area contributed by atoms with Gasteiger partial charge in [0.05, 0.1) is 11.6 Å². The number of aliphatic hydroxyl groups excluding tert-OH is 1. The van der Waals surface area contributed by atoms with Gasteiger partial charge in [-0.25, -0.2) is 0 Å². The minimum atomic E-state index is -0.672. The number of hydrogen-bond donors (Lipinski definition) is 1. The molecule has 2 aromatic carbocycles.